The van der Waals surface area contributed by atoms with Gasteiger partial charge in [0.05, 0.1) is 29.3 Å². The van der Waals surface area contributed by atoms with Gasteiger partial charge in [-0.25, -0.2) is 9.66 Å². The van der Waals surface area contributed by atoms with Gasteiger partial charge in [-0.1, -0.05) is 12.1 Å². The summed E-state index contributed by atoms with van der Waals surface area (Å²) in [5, 5.41) is 25.0. The van der Waals surface area contributed by atoms with Gasteiger partial charge < -0.3 is 9.84 Å². The van der Waals surface area contributed by atoms with Gasteiger partial charge in [0, 0.05) is 11.6 Å². The first kappa shape index (κ1) is 14.5. The van der Waals surface area contributed by atoms with Crippen molar-refractivity contribution in [3.8, 4) is 11.5 Å². The molecule has 0 unspecified atom stereocenters. The molecular formula is C15H12N4O4. The van der Waals surface area contributed by atoms with Gasteiger partial charge in [-0.05, 0) is 18.2 Å². The molecular weight excluding hydrogens is 300 g/mol. The highest BCUT2D eigenvalue weighted by Gasteiger charge is 2.19. The van der Waals surface area contributed by atoms with E-state index in [1.54, 1.807) is 11.0 Å². The normalized spacial score (nSPS) is 11.2. The summed E-state index contributed by atoms with van der Waals surface area (Å²) < 4.78 is 6.50. The summed E-state index contributed by atoms with van der Waals surface area (Å²) in [6.45, 7) is 0. The zero-order valence-corrected chi connectivity index (χ0v) is 12.1. The third-order valence-corrected chi connectivity index (χ3v) is 3.26. The molecule has 8 nitrogen and oxygen atoms in total. The summed E-state index contributed by atoms with van der Waals surface area (Å²) in [6.07, 6.45) is 2.98. The Labute approximate surface area is 130 Å². The Morgan fingerprint density at radius 1 is 1.39 bits per heavy atom. The highest BCUT2D eigenvalue weighted by molar-refractivity contribution is 5.84. The lowest BCUT2D eigenvalue weighted by Crippen LogP contribution is -1.95. The topological polar surface area (TPSA) is 103 Å². The van der Waals surface area contributed by atoms with Crippen LogP contribution in [0.3, 0.4) is 0 Å². The van der Waals surface area contributed by atoms with Crippen LogP contribution in [0.2, 0.25) is 0 Å². The smallest absolute Gasteiger partial charge is 0.315 e. The van der Waals surface area contributed by atoms with Crippen LogP contribution in [-0.2, 0) is 0 Å². The standard InChI is InChI=1S/C15H12N4O4/c1-23-14-7-10(6-13(15(14)20)19(21)22)8-17-18-9-16-11-4-2-3-5-12(11)18/h2-9,20H,1H3/b17-8-. The van der Waals surface area contributed by atoms with Crippen molar-refractivity contribution in [1.82, 2.24) is 9.66 Å². The highest BCUT2D eigenvalue weighted by atomic mass is 16.6. The number of imidazole rings is 1. The molecule has 0 atom stereocenters. The van der Waals surface area contributed by atoms with Crippen molar-refractivity contribution in [3.05, 3.63) is 58.4 Å². The molecule has 0 spiro atoms. The SMILES string of the molecule is COc1cc(/C=N\n2cnc3ccccc32)cc([N+](=O)[O-])c1O. The minimum atomic E-state index is -0.679. The highest BCUT2D eigenvalue weighted by Crippen LogP contribution is 2.36. The zero-order valence-electron chi connectivity index (χ0n) is 12.1. The van der Waals surface area contributed by atoms with Gasteiger partial charge in [-0.2, -0.15) is 5.10 Å². The molecule has 3 aromatic rings. The molecule has 8 heteroatoms. The van der Waals surface area contributed by atoms with Crippen LogP contribution < -0.4 is 4.74 Å². The molecule has 0 bridgehead atoms. The molecule has 0 saturated heterocycles. The first-order chi connectivity index (χ1) is 11.1. The van der Waals surface area contributed by atoms with E-state index in [-0.39, 0.29) is 5.75 Å². The summed E-state index contributed by atoms with van der Waals surface area (Å²) >= 11 is 0. The predicted molar refractivity (Wildman–Crippen MR) is 84.0 cm³/mol. The molecule has 0 aliphatic rings. The number of ether oxygens (including phenoxy) is 1. The maximum Gasteiger partial charge on any atom is 0.315 e. The van der Waals surface area contributed by atoms with Gasteiger partial charge in [-0.3, -0.25) is 10.1 Å². The molecule has 116 valence electrons. The van der Waals surface area contributed by atoms with E-state index in [2.05, 4.69) is 10.1 Å². The number of rotatable bonds is 4. The number of nitrogens with zero attached hydrogens (tertiary/aromatic N) is 4. The van der Waals surface area contributed by atoms with Crippen molar-refractivity contribution in [3.63, 3.8) is 0 Å². The first-order valence-electron chi connectivity index (χ1n) is 6.62. The van der Waals surface area contributed by atoms with Gasteiger partial charge in [0.2, 0.25) is 5.75 Å². The maximum atomic E-state index is 11.0. The lowest BCUT2D eigenvalue weighted by Gasteiger charge is -2.05. The van der Waals surface area contributed by atoms with E-state index in [0.717, 1.165) is 11.0 Å². The van der Waals surface area contributed by atoms with Crippen molar-refractivity contribution < 1.29 is 14.8 Å². The average molecular weight is 312 g/mol. The first-order valence-corrected chi connectivity index (χ1v) is 6.62. The van der Waals surface area contributed by atoms with Crippen LogP contribution >= 0.6 is 0 Å². The van der Waals surface area contributed by atoms with Crippen LogP contribution in [0.4, 0.5) is 5.69 Å². The molecule has 2 aromatic carbocycles. The number of methoxy groups -OCH3 is 1. The number of hydrogen-bond donors (Lipinski definition) is 1. The van der Waals surface area contributed by atoms with E-state index in [4.69, 9.17) is 4.74 Å². The minimum Gasteiger partial charge on any atom is -0.500 e. The number of aromatic hydroxyl groups is 1. The fourth-order valence-electron chi connectivity index (χ4n) is 2.15. The van der Waals surface area contributed by atoms with Gasteiger partial charge in [0.15, 0.2) is 5.75 Å². The van der Waals surface area contributed by atoms with Crippen LogP contribution in [0.25, 0.3) is 11.0 Å². The number of hydrogen-bond acceptors (Lipinski definition) is 6. The van der Waals surface area contributed by atoms with E-state index >= 15 is 0 Å². The molecule has 0 amide bonds. The van der Waals surface area contributed by atoms with Crippen LogP contribution in [0.5, 0.6) is 11.5 Å². The minimum absolute atomic E-state index is 0.0103. The number of phenols is 1. The monoisotopic (exact) mass is 312 g/mol. The largest absolute Gasteiger partial charge is 0.500 e. The summed E-state index contributed by atoms with van der Waals surface area (Å²) in [7, 11) is 1.32. The van der Waals surface area contributed by atoms with Crippen LogP contribution in [-0.4, -0.2) is 33.0 Å². The molecule has 3 rings (SSSR count). The predicted octanol–water partition coefficient (Wildman–Crippen LogP) is 2.54. The van der Waals surface area contributed by atoms with Crippen molar-refractivity contribution in [2.75, 3.05) is 7.11 Å². The second-order valence-corrected chi connectivity index (χ2v) is 4.67. The number of fused-ring (bicyclic) bond motifs is 1. The summed E-state index contributed by atoms with van der Waals surface area (Å²) in [5.74, 6) is -0.501. The van der Waals surface area contributed by atoms with Crippen LogP contribution in [0, 0.1) is 10.1 Å². The Bertz CT molecular complexity index is 917. The van der Waals surface area contributed by atoms with E-state index in [1.807, 2.05) is 24.3 Å². The fraction of sp³-hybridized carbons (Fsp3) is 0.0667. The average Bonchev–Trinajstić information content (AvgIpc) is 2.97. The van der Waals surface area contributed by atoms with Crippen molar-refractivity contribution >= 4 is 22.9 Å². The molecule has 1 aromatic heterocycles. The third-order valence-electron chi connectivity index (χ3n) is 3.26. The van der Waals surface area contributed by atoms with Gasteiger partial charge in [-0.15, -0.1) is 0 Å². The maximum absolute atomic E-state index is 11.0. The van der Waals surface area contributed by atoms with Gasteiger partial charge in [0.25, 0.3) is 0 Å². The molecule has 0 radical (unpaired) electrons. The quantitative estimate of drug-likeness (QED) is 0.453. The molecule has 0 aliphatic heterocycles. The van der Waals surface area contributed by atoms with E-state index in [9.17, 15) is 15.2 Å². The molecule has 1 N–H and O–H groups in total. The lowest BCUT2D eigenvalue weighted by molar-refractivity contribution is -0.386. The summed E-state index contributed by atoms with van der Waals surface area (Å²) in [5.41, 5.74) is 1.58. The van der Waals surface area contributed by atoms with Crippen molar-refractivity contribution in [1.29, 1.82) is 0 Å². The van der Waals surface area contributed by atoms with E-state index in [0.29, 0.717) is 5.56 Å². The lowest BCUT2D eigenvalue weighted by atomic mass is 10.2. The van der Waals surface area contributed by atoms with Crippen LogP contribution in [0.15, 0.2) is 47.8 Å². The second-order valence-electron chi connectivity index (χ2n) is 4.67. The molecule has 0 aliphatic carbocycles. The summed E-state index contributed by atoms with van der Waals surface area (Å²) in [6, 6.07) is 10.1. The molecule has 23 heavy (non-hydrogen) atoms. The number of nitro groups is 1. The van der Waals surface area contributed by atoms with Crippen molar-refractivity contribution in [2.24, 2.45) is 5.10 Å². The summed E-state index contributed by atoms with van der Waals surface area (Å²) in [4.78, 5) is 14.5. The number of aromatic nitrogens is 2. The third kappa shape index (κ3) is 2.69. The number of phenolic OH excluding ortho intramolecular Hbond substituents is 1. The Morgan fingerprint density at radius 2 is 2.17 bits per heavy atom. The van der Waals surface area contributed by atoms with Crippen molar-refractivity contribution in [2.45, 2.75) is 0 Å². The Balaban J connectivity index is 2.02. The van der Waals surface area contributed by atoms with Crippen LogP contribution in [0.1, 0.15) is 5.56 Å². The number of benzene rings is 2. The Morgan fingerprint density at radius 3 is 2.91 bits per heavy atom. The molecule has 1 heterocycles. The fourth-order valence-corrected chi connectivity index (χ4v) is 2.15. The van der Waals surface area contributed by atoms with E-state index < -0.39 is 16.4 Å². The zero-order chi connectivity index (χ0) is 16.4. The second kappa shape index (κ2) is 5.76. The van der Waals surface area contributed by atoms with E-state index in [1.165, 1.54) is 25.5 Å². The van der Waals surface area contributed by atoms with Gasteiger partial charge >= 0.3 is 5.69 Å². The number of para-hydroxylation sites is 2. The molecule has 0 fully saturated rings. The Hall–Kier alpha value is -3.42. The van der Waals surface area contributed by atoms with Gasteiger partial charge in [0.1, 0.15) is 6.33 Å². The molecule has 0 saturated carbocycles. The number of nitro benzene ring substituents is 1. The Kier molecular flexibility index (Phi) is 3.63.